The molecule has 1 aromatic rings. The highest BCUT2D eigenvalue weighted by Crippen LogP contribution is 2.21. The highest BCUT2D eigenvalue weighted by Gasteiger charge is 2.11. The zero-order valence-electron chi connectivity index (χ0n) is 10.7. The summed E-state index contributed by atoms with van der Waals surface area (Å²) in [5.41, 5.74) is 0.972. The Balaban J connectivity index is 2.54. The smallest absolute Gasteiger partial charge is 0.266 e. The van der Waals surface area contributed by atoms with Gasteiger partial charge in [-0.2, -0.15) is 0 Å². The second kappa shape index (κ2) is 7.91. The average molecular weight is 261 g/mol. The van der Waals surface area contributed by atoms with Gasteiger partial charge in [0.2, 0.25) is 0 Å². The molecule has 0 fully saturated rings. The lowest BCUT2D eigenvalue weighted by molar-refractivity contribution is -0.107. The average Bonchev–Trinajstić information content (AvgIpc) is 2.38. The van der Waals surface area contributed by atoms with Crippen LogP contribution >= 0.6 is 11.9 Å². The highest BCUT2D eigenvalue weighted by molar-refractivity contribution is 7.97. The largest absolute Gasteiger partial charge is 0.302 e. The molecule has 0 radical (unpaired) electrons. The molecule has 1 heterocycles. The molecule has 0 aromatic carbocycles. The Morgan fingerprint density at radius 2 is 2.39 bits per heavy atom. The van der Waals surface area contributed by atoms with Crippen molar-refractivity contribution in [2.75, 3.05) is 13.1 Å². The molecule has 0 saturated carbocycles. The Labute approximate surface area is 113 Å². The first-order valence-electron chi connectivity index (χ1n) is 5.84. The molecule has 94 valence electrons. The summed E-state index contributed by atoms with van der Waals surface area (Å²) in [7, 11) is 0. The van der Waals surface area contributed by atoms with Gasteiger partial charge in [-0.05, 0) is 37.3 Å². The van der Waals surface area contributed by atoms with Crippen molar-refractivity contribution >= 4 is 24.9 Å². The first kappa shape index (κ1) is 14.7. The minimum atomic E-state index is 0.0101. The number of hydrogen-bond acceptors (Lipinski definition) is 5. The van der Waals surface area contributed by atoms with Gasteiger partial charge in [0.15, 0.2) is 0 Å². The number of nitrogens with zero attached hydrogens (tertiary/aromatic N) is 3. The molecule has 0 amide bonds. The van der Waals surface area contributed by atoms with Crippen molar-refractivity contribution in [2.24, 2.45) is 0 Å². The number of nitriles is 1. The van der Waals surface area contributed by atoms with Gasteiger partial charge in [0, 0.05) is 29.3 Å². The van der Waals surface area contributed by atoms with Crippen LogP contribution in [0.1, 0.15) is 5.69 Å². The SMILES string of the molecule is CB(C#N)CCN(CC=O)Sc1ccc(C)nc1. The molecule has 0 unspecified atom stereocenters. The van der Waals surface area contributed by atoms with E-state index in [9.17, 15) is 4.79 Å². The summed E-state index contributed by atoms with van der Waals surface area (Å²) in [4.78, 5) is 15.9. The van der Waals surface area contributed by atoms with E-state index in [4.69, 9.17) is 5.26 Å². The van der Waals surface area contributed by atoms with Crippen LogP contribution in [-0.2, 0) is 4.79 Å². The van der Waals surface area contributed by atoms with Crippen molar-refractivity contribution in [1.29, 1.82) is 5.26 Å². The fourth-order valence-electron chi connectivity index (χ4n) is 1.32. The van der Waals surface area contributed by atoms with Crippen molar-refractivity contribution in [3.05, 3.63) is 24.0 Å². The maximum absolute atomic E-state index is 10.6. The Bertz CT molecular complexity index is 418. The molecule has 4 nitrogen and oxygen atoms in total. The summed E-state index contributed by atoms with van der Waals surface area (Å²) in [6, 6.07) is 3.93. The topological polar surface area (TPSA) is 57.0 Å². The molecule has 18 heavy (non-hydrogen) atoms. The van der Waals surface area contributed by atoms with Crippen LogP contribution in [0.15, 0.2) is 23.2 Å². The van der Waals surface area contributed by atoms with E-state index in [1.54, 1.807) is 6.20 Å². The molecule has 0 atom stereocenters. The lowest BCUT2D eigenvalue weighted by Crippen LogP contribution is -2.22. The van der Waals surface area contributed by atoms with E-state index in [1.807, 2.05) is 30.2 Å². The number of aryl methyl sites for hydroxylation is 1. The number of pyridine rings is 1. The molecule has 0 spiro atoms. The zero-order valence-corrected chi connectivity index (χ0v) is 11.5. The number of aldehydes is 1. The molecule has 1 rings (SSSR count). The fraction of sp³-hybridized carbons (Fsp3) is 0.417. The number of hydrogen-bond donors (Lipinski definition) is 0. The number of carbonyl (C=O) groups is 1. The number of aromatic nitrogens is 1. The van der Waals surface area contributed by atoms with Crippen LogP contribution in [0.3, 0.4) is 0 Å². The zero-order chi connectivity index (χ0) is 13.4. The van der Waals surface area contributed by atoms with Gasteiger partial charge in [-0.1, -0.05) is 6.82 Å². The molecule has 0 aliphatic heterocycles. The molecule has 1 aromatic heterocycles. The van der Waals surface area contributed by atoms with E-state index in [2.05, 4.69) is 11.0 Å². The summed E-state index contributed by atoms with van der Waals surface area (Å²) in [5, 5.41) is 8.74. The molecule has 0 saturated heterocycles. The summed E-state index contributed by atoms with van der Waals surface area (Å²) in [5.74, 6) is 2.20. The Hall–Kier alpha value is -1.32. The maximum Gasteiger partial charge on any atom is 0.266 e. The molecule has 0 aliphatic rings. The van der Waals surface area contributed by atoms with Crippen LogP contribution in [-0.4, -0.2) is 35.4 Å². The van der Waals surface area contributed by atoms with Crippen LogP contribution < -0.4 is 0 Å². The third-order valence-corrected chi connectivity index (χ3v) is 3.47. The summed E-state index contributed by atoms with van der Waals surface area (Å²) >= 11 is 1.50. The van der Waals surface area contributed by atoms with Gasteiger partial charge in [0.1, 0.15) is 6.29 Å². The van der Waals surface area contributed by atoms with E-state index in [-0.39, 0.29) is 6.71 Å². The van der Waals surface area contributed by atoms with Crippen LogP contribution in [0.25, 0.3) is 0 Å². The van der Waals surface area contributed by atoms with Gasteiger partial charge in [-0.25, -0.2) is 9.57 Å². The Kier molecular flexibility index (Phi) is 6.48. The van der Waals surface area contributed by atoms with Crippen LogP contribution in [0.2, 0.25) is 13.1 Å². The van der Waals surface area contributed by atoms with Crippen molar-refractivity contribution in [3.8, 4) is 5.97 Å². The third kappa shape index (κ3) is 5.34. The minimum absolute atomic E-state index is 0.0101. The van der Waals surface area contributed by atoms with Crippen LogP contribution in [0.5, 0.6) is 0 Å². The van der Waals surface area contributed by atoms with E-state index < -0.39 is 0 Å². The van der Waals surface area contributed by atoms with Crippen molar-refractivity contribution in [1.82, 2.24) is 9.29 Å². The van der Waals surface area contributed by atoms with Crippen LogP contribution in [0, 0.1) is 18.2 Å². The molecular weight excluding hydrogens is 245 g/mol. The number of rotatable bonds is 7. The van der Waals surface area contributed by atoms with E-state index >= 15 is 0 Å². The summed E-state index contributed by atoms with van der Waals surface area (Å²) in [6.07, 6.45) is 3.44. The van der Waals surface area contributed by atoms with Crippen molar-refractivity contribution in [3.63, 3.8) is 0 Å². The van der Waals surface area contributed by atoms with Gasteiger partial charge in [0.25, 0.3) is 6.71 Å². The molecule has 0 N–H and O–H groups in total. The van der Waals surface area contributed by atoms with Gasteiger partial charge in [-0.15, -0.1) is 0 Å². The third-order valence-electron chi connectivity index (χ3n) is 2.43. The quantitative estimate of drug-likeness (QED) is 0.427. The predicted molar refractivity (Wildman–Crippen MR) is 74.5 cm³/mol. The Morgan fingerprint density at radius 1 is 1.61 bits per heavy atom. The van der Waals surface area contributed by atoms with E-state index in [1.165, 1.54) is 11.9 Å². The summed E-state index contributed by atoms with van der Waals surface area (Å²) in [6.45, 7) is 4.91. The predicted octanol–water partition coefficient (Wildman–Crippen LogP) is 2.09. The molecule has 0 bridgehead atoms. The highest BCUT2D eigenvalue weighted by atomic mass is 32.2. The van der Waals surface area contributed by atoms with Gasteiger partial charge >= 0.3 is 0 Å². The lowest BCUT2D eigenvalue weighted by Gasteiger charge is -2.18. The Morgan fingerprint density at radius 3 is 2.94 bits per heavy atom. The molecular formula is C12H16BN3OS. The summed E-state index contributed by atoms with van der Waals surface area (Å²) < 4.78 is 1.95. The van der Waals surface area contributed by atoms with Gasteiger partial charge < -0.3 is 4.79 Å². The molecule has 6 heteroatoms. The molecule has 0 aliphatic carbocycles. The van der Waals surface area contributed by atoms with E-state index in [0.29, 0.717) is 13.1 Å². The normalized spacial score (nSPS) is 10.1. The first-order chi connectivity index (χ1) is 8.65. The van der Waals surface area contributed by atoms with Crippen LogP contribution in [0.4, 0.5) is 0 Å². The van der Waals surface area contributed by atoms with Gasteiger partial charge in [-0.3, -0.25) is 4.98 Å². The standard InChI is InChI=1S/C12H16BN3OS/c1-11-3-4-12(9-15-11)18-16(7-8-17)6-5-13(2)10-14/h3-4,8-9H,5-7H2,1-2H3. The maximum atomic E-state index is 10.6. The first-order valence-corrected chi connectivity index (χ1v) is 6.62. The van der Waals surface area contributed by atoms with Gasteiger partial charge in [0.05, 0.1) is 6.54 Å². The van der Waals surface area contributed by atoms with E-state index in [0.717, 1.165) is 23.2 Å². The second-order valence-corrected chi connectivity index (χ2v) is 5.27. The monoisotopic (exact) mass is 261 g/mol. The number of carbonyl (C=O) groups excluding carboxylic acids is 1. The second-order valence-electron chi connectivity index (χ2n) is 4.10. The van der Waals surface area contributed by atoms with Crippen molar-refractivity contribution < 1.29 is 4.79 Å². The van der Waals surface area contributed by atoms with Crippen molar-refractivity contribution in [2.45, 2.75) is 25.0 Å². The minimum Gasteiger partial charge on any atom is -0.302 e. The lowest BCUT2D eigenvalue weighted by atomic mass is 9.51. The fourth-order valence-corrected chi connectivity index (χ4v) is 2.18.